The van der Waals surface area contributed by atoms with E-state index in [2.05, 4.69) is 0 Å². The van der Waals surface area contributed by atoms with Gasteiger partial charge in [-0.05, 0) is 49.4 Å². The van der Waals surface area contributed by atoms with Crippen LogP contribution in [0.25, 0.3) is 0 Å². The summed E-state index contributed by atoms with van der Waals surface area (Å²) >= 11 is 0. The van der Waals surface area contributed by atoms with Gasteiger partial charge in [0.1, 0.15) is 0 Å². The van der Waals surface area contributed by atoms with Gasteiger partial charge in [0.05, 0.1) is 17.9 Å². The van der Waals surface area contributed by atoms with Crippen LogP contribution in [-0.2, 0) is 30.8 Å². The number of methoxy groups -OCH3 is 1. The van der Waals surface area contributed by atoms with E-state index in [0.29, 0.717) is 32.5 Å². The van der Waals surface area contributed by atoms with Gasteiger partial charge in [-0.3, -0.25) is 9.59 Å². The van der Waals surface area contributed by atoms with Crippen LogP contribution in [0.4, 0.5) is 5.69 Å². The lowest BCUT2D eigenvalue weighted by Gasteiger charge is -2.31. The summed E-state index contributed by atoms with van der Waals surface area (Å²) in [5, 5.41) is 0. The van der Waals surface area contributed by atoms with Gasteiger partial charge in [-0.2, -0.15) is 4.31 Å². The van der Waals surface area contributed by atoms with Crippen molar-refractivity contribution in [3.63, 3.8) is 0 Å². The average molecular weight is 380 g/mol. The minimum absolute atomic E-state index is 0.0357. The average Bonchev–Trinajstić information content (AvgIpc) is 2.66. The molecule has 2 aliphatic rings. The van der Waals surface area contributed by atoms with E-state index in [1.165, 1.54) is 18.3 Å². The zero-order valence-electron chi connectivity index (χ0n) is 15.1. The molecule has 142 valence electrons. The quantitative estimate of drug-likeness (QED) is 0.743. The highest BCUT2D eigenvalue weighted by Gasteiger charge is 2.33. The van der Waals surface area contributed by atoms with E-state index in [-0.39, 0.29) is 22.7 Å². The molecule has 2 heterocycles. The van der Waals surface area contributed by atoms with Crippen molar-refractivity contribution in [3.05, 3.63) is 23.8 Å². The summed E-state index contributed by atoms with van der Waals surface area (Å²) in [6.45, 7) is 2.79. The van der Waals surface area contributed by atoms with Crippen LogP contribution in [0.5, 0.6) is 0 Å². The van der Waals surface area contributed by atoms with Crippen LogP contribution in [0.15, 0.2) is 23.1 Å². The smallest absolute Gasteiger partial charge is 0.308 e. The Balaban J connectivity index is 1.81. The lowest BCUT2D eigenvalue weighted by Crippen LogP contribution is -2.40. The molecule has 1 fully saturated rings. The maximum absolute atomic E-state index is 13.0. The Hall–Kier alpha value is -1.93. The number of nitrogens with zero attached hydrogens (tertiary/aromatic N) is 2. The maximum atomic E-state index is 13.0. The number of fused-ring (bicyclic) bond motifs is 1. The van der Waals surface area contributed by atoms with Gasteiger partial charge in [0, 0.05) is 32.2 Å². The highest BCUT2D eigenvalue weighted by Crippen LogP contribution is 2.31. The summed E-state index contributed by atoms with van der Waals surface area (Å²) in [6.07, 6.45) is 2.51. The number of carbonyl (C=O) groups excluding carboxylic acids is 2. The van der Waals surface area contributed by atoms with Gasteiger partial charge in [-0.25, -0.2) is 8.42 Å². The molecule has 26 heavy (non-hydrogen) atoms. The minimum atomic E-state index is -3.61. The number of hydrogen-bond acceptors (Lipinski definition) is 5. The van der Waals surface area contributed by atoms with Crippen LogP contribution in [0.3, 0.4) is 0 Å². The fraction of sp³-hybridized carbons (Fsp3) is 0.556. The normalized spacial score (nSPS) is 19.1. The zero-order chi connectivity index (χ0) is 18.9. The highest BCUT2D eigenvalue weighted by atomic mass is 32.2. The maximum Gasteiger partial charge on any atom is 0.308 e. The number of amides is 1. The van der Waals surface area contributed by atoms with Crippen molar-refractivity contribution >= 4 is 27.6 Å². The summed E-state index contributed by atoms with van der Waals surface area (Å²) in [6, 6.07) is 4.98. The predicted octanol–water partition coefficient (Wildman–Crippen LogP) is 1.56. The first-order chi connectivity index (χ1) is 12.3. The molecule has 3 rings (SSSR count). The number of benzene rings is 1. The Labute approximate surface area is 154 Å². The van der Waals surface area contributed by atoms with E-state index in [1.807, 2.05) is 0 Å². The third-order valence-corrected chi connectivity index (χ3v) is 7.07. The summed E-state index contributed by atoms with van der Waals surface area (Å²) in [4.78, 5) is 25.3. The Bertz CT molecular complexity index is 813. The molecule has 1 aromatic carbocycles. The predicted molar refractivity (Wildman–Crippen MR) is 96.3 cm³/mol. The molecule has 0 aliphatic carbocycles. The Morgan fingerprint density at radius 1 is 1.15 bits per heavy atom. The van der Waals surface area contributed by atoms with Crippen LogP contribution in [0.2, 0.25) is 0 Å². The first-order valence-electron chi connectivity index (χ1n) is 8.83. The molecule has 1 saturated heterocycles. The largest absolute Gasteiger partial charge is 0.469 e. The molecule has 1 aromatic rings. The lowest BCUT2D eigenvalue weighted by atomic mass is 9.99. The van der Waals surface area contributed by atoms with Crippen molar-refractivity contribution in [1.29, 1.82) is 0 Å². The molecular formula is C18H24N2O5S. The molecular weight excluding hydrogens is 356 g/mol. The molecule has 7 nitrogen and oxygen atoms in total. The molecule has 0 radical (unpaired) electrons. The zero-order valence-corrected chi connectivity index (χ0v) is 15.9. The Morgan fingerprint density at radius 2 is 1.85 bits per heavy atom. The first kappa shape index (κ1) is 18.8. The third kappa shape index (κ3) is 3.48. The summed E-state index contributed by atoms with van der Waals surface area (Å²) in [5.74, 6) is -0.550. The molecule has 2 aliphatic heterocycles. The first-order valence-corrected chi connectivity index (χ1v) is 10.3. The molecule has 8 heteroatoms. The summed E-state index contributed by atoms with van der Waals surface area (Å²) < 4.78 is 32.1. The van der Waals surface area contributed by atoms with E-state index in [0.717, 1.165) is 24.1 Å². The number of carbonyl (C=O) groups is 2. The van der Waals surface area contributed by atoms with Gasteiger partial charge in [-0.15, -0.1) is 0 Å². The number of hydrogen-bond donors (Lipinski definition) is 0. The van der Waals surface area contributed by atoms with E-state index in [9.17, 15) is 18.0 Å². The summed E-state index contributed by atoms with van der Waals surface area (Å²) in [5.41, 5.74) is 1.68. The van der Waals surface area contributed by atoms with Gasteiger partial charge in [0.15, 0.2) is 0 Å². The van der Waals surface area contributed by atoms with E-state index in [1.54, 1.807) is 23.1 Å². The molecule has 0 saturated carbocycles. The van der Waals surface area contributed by atoms with Gasteiger partial charge >= 0.3 is 5.97 Å². The SMILES string of the molecule is COC(=O)C1CCN(S(=O)(=O)c2ccc3c(c2)CCCN3C(C)=O)CC1. The molecule has 1 amide bonds. The molecule has 0 atom stereocenters. The summed E-state index contributed by atoms with van der Waals surface area (Å²) in [7, 11) is -2.26. The van der Waals surface area contributed by atoms with Gasteiger partial charge < -0.3 is 9.64 Å². The third-order valence-electron chi connectivity index (χ3n) is 5.18. The second-order valence-electron chi connectivity index (χ2n) is 6.77. The number of sulfonamides is 1. The second-order valence-corrected chi connectivity index (χ2v) is 8.70. The van der Waals surface area contributed by atoms with Gasteiger partial charge in [0.25, 0.3) is 0 Å². The molecule has 0 N–H and O–H groups in total. The number of piperidine rings is 1. The number of anilines is 1. The molecule has 0 spiro atoms. The number of aryl methyl sites for hydroxylation is 1. The minimum Gasteiger partial charge on any atom is -0.469 e. The van der Waals surface area contributed by atoms with Crippen LogP contribution < -0.4 is 4.90 Å². The number of ether oxygens (including phenoxy) is 1. The van der Waals surface area contributed by atoms with Crippen LogP contribution in [0, 0.1) is 5.92 Å². The van der Waals surface area contributed by atoms with Crippen molar-refractivity contribution < 1.29 is 22.7 Å². The van der Waals surface area contributed by atoms with E-state index >= 15 is 0 Å². The van der Waals surface area contributed by atoms with Crippen LogP contribution >= 0.6 is 0 Å². The molecule has 0 aromatic heterocycles. The van der Waals surface area contributed by atoms with Crippen molar-refractivity contribution in [2.24, 2.45) is 5.92 Å². The standard InChI is InChI=1S/C18H24N2O5S/c1-13(21)20-9-3-4-15-12-16(5-6-17(15)20)26(23,24)19-10-7-14(8-11-19)18(22)25-2/h5-6,12,14H,3-4,7-11H2,1-2H3. The van der Waals surface area contributed by atoms with Crippen LogP contribution in [-0.4, -0.2) is 51.3 Å². The lowest BCUT2D eigenvalue weighted by molar-refractivity contribution is -0.146. The molecule has 0 bridgehead atoms. The fourth-order valence-corrected chi connectivity index (χ4v) is 5.23. The van der Waals surface area contributed by atoms with Crippen molar-refractivity contribution in [1.82, 2.24) is 4.31 Å². The topological polar surface area (TPSA) is 84.0 Å². The number of rotatable bonds is 3. The molecule has 0 unspecified atom stereocenters. The second kappa shape index (κ2) is 7.36. The monoisotopic (exact) mass is 380 g/mol. The Morgan fingerprint density at radius 3 is 2.46 bits per heavy atom. The van der Waals surface area contributed by atoms with Crippen molar-refractivity contribution in [3.8, 4) is 0 Å². The van der Waals surface area contributed by atoms with Crippen LogP contribution in [0.1, 0.15) is 31.7 Å². The number of esters is 1. The van der Waals surface area contributed by atoms with E-state index in [4.69, 9.17) is 4.74 Å². The van der Waals surface area contributed by atoms with E-state index < -0.39 is 10.0 Å². The highest BCUT2D eigenvalue weighted by molar-refractivity contribution is 7.89. The van der Waals surface area contributed by atoms with Crippen molar-refractivity contribution in [2.75, 3.05) is 31.6 Å². The fourth-order valence-electron chi connectivity index (χ4n) is 3.71. The van der Waals surface area contributed by atoms with Crippen molar-refractivity contribution in [2.45, 2.75) is 37.5 Å². The van der Waals surface area contributed by atoms with Gasteiger partial charge in [0.2, 0.25) is 15.9 Å². The van der Waals surface area contributed by atoms with Gasteiger partial charge in [-0.1, -0.05) is 0 Å². The Kier molecular flexibility index (Phi) is 5.34.